The Morgan fingerprint density at radius 3 is 2.79 bits per heavy atom. The molecule has 0 aromatic heterocycles. The number of hydrogen-bond donors (Lipinski definition) is 0. The normalized spacial score (nSPS) is 19.4. The van der Waals surface area contributed by atoms with Gasteiger partial charge in [-0.25, -0.2) is 0 Å². The highest BCUT2D eigenvalue weighted by atomic mass is 14.4. The maximum absolute atomic E-state index is 8.96. The first-order chi connectivity index (χ1) is 6.62. The number of fused-ring (bicyclic) bond motifs is 1. The van der Waals surface area contributed by atoms with E-state index in [0.717, 1.165) is 12.8 Å². The Balaban J connectivity index is 2.11. The van der Waals surface area contributed by atoms with Gasteiger partial charge in [-0.1, -0.05) is 24.3 Å². The lowest BCUT2D eigenvalue weighted by Crippen LogP contribution is -2.23. The summed E-state index contributed by atoms with van der Waals surface area (Å²) in [4.78, 5) is 0. The molecule has 0 amide bonds. The molecular weight excluding hydrogens is 170 g/mol. The van der Waals surface area contributed by atoms with Crippen LogP contribution in [0.1, 0.15) is 37.3 Å². The molecular formula is C13H15N. The van der Waals surface area contributed by atoms with Gasteiger partial charge in [0.15, 0.2) is 0 Å². The van der Waals surface area contributed by atoms with Gasteiger partial charge in [0.05, 0.1) is 11.5 Å². The van der Waals surface area contributed by atoms with Crippen LogP contribution in [0, 0.1) is 16.7 Å². The van der Waals surface area contributed by atoms with Crippen molar-refractivity contribution in [3.63, 3.8) is 0 Å². The molecule has 0 saturated carbocycles. The van der Waals surface area contributed by atoms with Gasteiger partial charge in [0, 0.05) is 0 Å². The van der Waals surface area contributed by atoms with E-state index in [4.69, 9.17) is 5.26 Å². The highest BCUT2D eigenvalue weighted by molar-refractivity contribution is 5.40. The zero-order chi connectivity index (χ0) is 10.2. The minimum absolute atomic E-state index is 0.182. The van der Waals surface area contributed by atoms with E-state index in [9.17, 15) is 0 Å². The molecule has 0 radical (unpaired) electrons. The van der Waals surface area contributed by atoms with Crippen molar-refractivity contribution in [3.8, 4) is 6.07 Å². The Morgan fingerprint density at radius 1 is 1.43 bits per heavy atom. The van der Waals surface area contributed by atoms with Crippen LogP contribution in [-0.2, 0) is 6.42 Å². The average Bonchev–Trinajstić information content (AvgIpc) is 2.15. The predicted molar refractivity (Wildman–Crippen MR) is 56.9 cm³/mol. The number of benzene rings is 1. The van der Waals surface area contributed by atoms with Crippen LogP contribution in [0.3, 0.4) is 0 Å². The molecule has 0 fully saturated rings. The topological polar surface area (TPSA) is 23.8 Å². The molecule has 0 heterocycles. The fourth-order valence-electron chi connectivity index (χ4n) is 2.21. The van der Waals surface area contributed by atoms with Gasteiger partial charge >= 0.3 is 0 Å². The van der Waals surface area contributed by atoms with Crippen molar-refractivity contribution in [2.75, 3.05) is 0 Å². The zero-order valence-corrected chi connectivity index (χ0v) is 8.75. The molecule has 0 bridgehead atoms. The molecule has 1 atom stereocenters. The predicted octanol–water partition coefficient (Wildman–Crippen LogP) is 3.27. The van der Waals surface area contributed by atoms with E-state index < -0.39 is 0 Å². The van der Waals surface area contributed by atoms with E-state index in [1.807, 2.05) is 13.8 Å². The molecule has 0 spiro atoms. The fraction of sp³-hybridized carbons (Fsp3) is 0.462. The monoisotopic (exact) mass is 185 g/mol. The number of nitriles is 1. The van der Waals surface area contributed by atoms with E-state index in [0.29, 0.717) is 5.92 Å². The van der Waals surface area contributed by atoms with Crippen molar-refractivity contribution in [1.29, 1.82) is 5.26 Å². The smallest absolute Gasteiger partial charge is 0.0684 e. The second-order valence-corrected chi connectivity index (χ2v) is 4.80. The lowest BCUT2D eigenvalue weighted by atomic mass is 9.70. The summed E-state index contributed by atoms with van der Waals surface area (Å²) in [5.41, 5.74) is 2.74. The fourth-order valence-corrected chi connectivity index (χ4v) is 2.21. The van der Waals surface area contributed by atoms with Gasteiger partial charge in [0.25, 0.3) is 0 Å². The molecule has 0 aliphatic heterocycles. The van der Waals surface area contributed by atoms with Crippen molar-refractivity contribution < 1.29 is 0 Å². The zero-order valence-electron chi connectivity index (χ0n) is 8.75. The third-order valence-electron chi connectivity index (χ3n) is 3.02. The third kappa shape index (κ3) is 1.53. The molecule has 1 aliphatic rings. The van der Waals surface area contributed by atoms with E-state index in [1.165, 1.54) is 11.1 Å². The standard InChI is InChI=1S/C13H15N/c1-13(2,9-14)8-11-7-10-5-3-4-6-12(10)11/h3-6,11H,7-8H2,1-2H3. The second-order valence-electron chi connectivity index (χ2n) is 4.80. The van der Waals surface area contributed by atoms with Gasteiger partial charge in [-0.15, -0.1) is 0 Å². The molecule has 1 heteroatoms. The minimum atomic E-state index is -0.182. The van der Waals surface area contributed by atoms with Crippen LogP contribution in [-0.4, -0.2) is 0 Å². The van der Waals surface area contributed by atoms with Crippen LogP contribution in [0.4, 0.5) is 0 Å². The molecule has 0 N–H and O–H groups in total. The van der Waals surface area contributed by atoms with Crippen molar-refractivity contribution in [3.05, 3.63) is 35.4 Å². The van der Waals surface area contributed by atoms with Crippen molar-refractivity contribution >= 4 is 0 Å². The largest absolute Gasteiger partial charge is 0.198 e. The van der Waals surface area contributed by atoms with Crippen molar-refractivity contribution in [1.82, 2.24) is 0 Å². The first-order valence-electron chi connectivity index (χ1n) is 5.11. The van der Waals surface area contributed by atoms with Gasteiger partial charge in [-0.3, -0.25) is 0 Å². The molecule has 14 heavy (non-hydrogen) atoms. The summed E-state index contributed by atoms with van der Waals surface area (Å²) in [6.07, 6.45) is 2.14. The van der Waals surface area contributed by atoms with Crippen LogP contribution in [0.15, 0.2) is 24.3 Å². The Morgan fingerprint density at radius 2 is 2.14 bits per heavy atom. The van der Waals surface area contributed by atoms with Crippen molar-refractivity contribution in [2.24, 2.45) is 5.41 Å². The van der Waals surface area contributed by atoms with Crippen molar-refractivity contribution in [2.45, 2.75) is 32.6 Å². The molecule has 1 unspecified atom stereocenters. The molecule has 1 aliphatic carbocycles. The summed E-state index contributed by atoms with van der Waals surface area (Å²) in [7, 11) is 0. The van der Waals surface area contributed by atoms with Gasteiger partial charge in [0.2, 0.25) is 0 Å². The quantitative estimate of drug-likeness (QED) is 0.693. The molecule has 1 aromatic rings. The van der Waals surface area contributed by atoms with Crippen LogP contribution < -0.4 is 0 Å². The maximum Gasteiger partial charge on any atom is 0.0684 e. The number of hydrogen-bond acceptors (Lipinski definition) is 1. The lowest BCUT2D eigenvalue weighted by molar-refractivity contribution is 0.378. The van der Waals surface area contributed by atoms with Crippen LogP contribution >= 0.6 is 0 Å². The van der Waals surface area contributed by atoms with Gasteiger partial charge in [-0.05, 0) is 43.7 Å². The van der Waals surface area contributed by atoms with Gasteiger partial charge in [0.1, 0.15) is 0 Å². The summed E-state index contributed by atoms with van der Waals surface area (Å²) in [5.74, 6) is 0.612. The van der Waals surface area contributed by atoms with E-state index in [1.54, 1.807) is 0 Å². The Labute approximate surface area is 85.4 Å². The Kier molecular flexibility index (Phi) is 2.07. The molecule has 0 saturated heterocycles. The van der Waals surface area contributed by atoms with Gasteiger partial charge in [-0.2, -0.15) is 5.26 Å². The lowest BCUT2D eigenvalue weighted by Gasteiger charge is -2.33. The summed E-state index contributed by atoms with van der Waals surface area (Å²) in [6, 6.07) is 10.9. The summed E-state index contributed by atoms with van der Waals surface area (Å²) in [6.45, 7) is 4.04. The first kappa shape index (κ1) is 9.27. The summed E-state index contributed by atoms with van der Waals surface area (Å²) in [5, 5.41) is 8.96. The highest BCUT2D eigenvalue weighted by Crippen LogP contribution is 2.42. The minimum Gasteiger partial charge on any atom is -0.198 e. The molecule has 1 aromatic carbocycles. The van der Waals surface area contributed by atoms with Crippen LogP contribution in [0.2, 0.25) is 0 Å². The summed E-state index contributed by atoms with van der Waals surface area (Å²) < 4.78 is 0. The molecule has 1 nitrogen and oxygen atoms in total. The Hall–Kier alpha value is -1.29. The highest BCUT2D eigenvalue weighted by Gasteiger charge is 2.31. The van der Waals surface area contributed by atoms with E-state index >= 15 is 0 Å². The molecule has 72 valence electrons. The first-order valence-corrected chi connectivity index (χ1v) is 5.11. The SMILES string of the molecule is CC(C)(C#N)CC1Cc2ccccc21. The van der Waals surface area contributed by atoms with E-state index in [2.05, 4.69) is 30.3 Å². The average molecular weight is 185 g/mol. The second kappa shape index (κ2) is 3.13. The van der Waals surface area contributed by atoms with E-state index in [-0.39, 0.29) is 5.41 Å². The Bertz CT molecular complexity index is 384. The number of nitrogens with zero attached hydrogens (tertiary/aromatic N) is 1. The van der Waals surface area contributed by atoms with Crippen LogP contribution in [0.25, 0.3) is 0 Å². The summed E-state index contributed by atoms with van der Waals surface area (Å²) >= 11 is 0. The van der Waals surface area contributed by atoms with Gasteiger partial charge < -0.3 is 0 Å². The molecule has 2 rings (SSSR count). The third-order valence-corrected chi connectivity index (χ3v) is 3.02. The maximum atomic E-state index is 8.96. The van der Waals surface area contributed by atoms with Crippen LogP contribution in [0.5, 0.6) is 0 Å². The number of rotatable bonds is 2.